The van der Waals surface area contributed by atoms with Crippen molar-refractivity contribution in [3.05, 3.63) is 29.3 Å². The molecule has 2 rings (SSSR count). The predicted molar refractivity (Wildman–Crippen MR) is 89.0 cm³/mol. The number of hydrogen-bond donors (Lipinski definition) is 3. The standard InChI is InChI=1S/C15H17N3O4S/c1-8(2)10-5-3-4-9(13(10)21)7-16-18-15-17-14(22)11(23-15)6-12(19)20/h3-5,7-8,11,21H,6H2,1-2H3,(H,19,20)(H,17,18,22). The maximum absolute atomic E-state index is 11.6. The second-order valence-corrected chi connectivity index (χ2v) is 6.47. The summed E-state index contributed by atoms with van der Waals surface area (Å²) in [5, 5.41) is 28.6. The lowest BCUT2D eigenvalue weighted by Crippen LogP contribution is -2.26. The number of aliphatic carboxylic acids is 1. The molecule has 122 valence electrons. The van der Waals surface area contributed by atoms with Crippen LogP contribution in [-0.2, 0) is 9.59 Å². The molecule has 0 aliphatic carbocycles. The van der Waals surface area contributed by atoms with Crippen molar-refractivity contribution in [3.8, 4) is 5.75 Å². The van der Waals surface area contributed by atoms with Crippen molar-refractivity contribution in [1.82, 2.24) is 5.32 Å². The van der Waals surface area contributed by atoms with Crippen LogP contribution in [0.25, 0.3) is 0 Å². The Hall–Kier alpha value is -2.35. The van der Waals surface area contributed by atoms with Gasteiger partial charge in [-0.2, -0.15) is 5.10 Å². The zero-order chi connectivity index (χ0) is 17.0. The Morgan fingerprint density at radius 1 is 1.48 bits per heavy atom. The molecule has 7 nitrogen and oxygen atoms in total. The SMILES string of the molecule is CC(C)c1cccc(C=NN=C2NC(=O)C(CC(=O)O)S2)c1O. The van der Waals surface area contributed by atoms with Gasteiger partial charge < -0.3 is 15.5 Å². The Morgan fingerprint density at radius 3 is 2.87 bits per heavy atom. The maximum Gasteiger partial charge on any atom is 0.305 e. The molecule has 0 bridgehead atoms. The first kappa shape index (κ1) is 17.0. The highest BCUT2D eigenvalue weighted by atomic mass is 32.2. The predicted octanol–water partition coefficient (Wildman–Crippen LogP) is 1.91. The maximum atomic E-state index is 11.6. The largest absolute Gasteiger partial charge is 0.507 e. The van der Waals surface area contributed by atoms with Crippen molar-refractivity contribution < 1.29 is 19.8 Å². The summed E-state index contributed by atoms with van der Waals surface area (Å²) >= 11 is 1.03. The summed E-state index contributed by atoms with van der Waals surface area (Å²) in [4.78, 5) is 22.2. The highest BCUT2D eigenvalue weighted by molar-refractivity contribution is 8.15. The minimum Gasteiger partial charge on any atom is -0.507 e. The Labute approximate surface area is 137 Å². The van der Waals surface area contributed by atoms with Gasteiger partial charge in [-0.05, 0) is 17.5 Å². The summed E-state index contributed by atoms with van der Waals surface area (Å²) in [6.45, 7) is 3.95. The normalized spacial score (nSPS) is 19.7. The van der Waals surface area contributed by atoms with E-state index in [1.54, 1.807) is 6.07 Å². The average molecular weight is 335 g/mol. The number of thioether (sulfide) groups is 1. The number of benzene rings is 1. The number of carboxylic acid groups (broad SMARTS) is 1. The summed E-state index contributed by atoms with van der Waals surface area (Å²) in [5.74, 6) is -1.11. The molecule has 1 unspecified atom stereocenters. The van der Waals surface area contributed by atoms with Gasteiger partial charge in [0.05, 0.1) is 12.6 Å². The molecule has 0 radical (unpaired) electrons. The molecule has 8 heteroatoms. The summed E-state index contributed by atoms with van der Waals surface area (Å²) in [5.41, 5.74) is 1.34. The molecule has 0 spiro atoms. The number of phenolic OH excluding ortho intramolecular Hbond substituents is 1. The second kappa shape index (κ2) is 7.28. The van der Waals surface area contributed by atoms with Gasteiger partial charge in [-0.1, -0.05) is 37.7 Å². The van der Waals surface area contributed by atoms with Crippen LogP contribution < -0.4 is 5.32 Å². The first-order valence-corrected chi connectivity index (χ1v) is 7.88. The molecule has 23 heavy (non-hydrogen) atoms. The third-order valence-electron chi connectivity index (χ3n) is 3.20. The summed E-state index contributed by atoms with van der Waals surface area (Å²) in [6, 6.07) is 5.36. The smallest absolute Gasteiger partial charge is 0.305 e. The van der Waals surface area contributed by atoms with Crippen molar-refractivity contribution in [2.24, 2.45) is 10.2 Å². The molecule has 1 atom stereocenters. The van der Waals surface area contributed by atoms with Gasteiger partial charge in [0.15, 0.2) is 5.17 Å². The Bertz CT molecular complexity index is 685. The number of carboxylic acids is 1. The van der Waals surface area contributed by atoms with Crippen LogP contribution in [0.2, 0.25) is 0 Å². The van der Waals surface area contributed by atoms with Crippen LogP contribution >= 0.6 is 11.8 Å². The van der Waals surface area contributed by atoms with Crippen LogP contribution in [0.1, 0.15) is 37.3 Å². The Balaban J connectivity index is 2.09. The van der Waals surface area contributed by atoms with E-state index in [0.29, 0.717) is 5.56 Å². The van der Waals surface area contributed by atoms with Crippen molar-refractivity contribution >= 4 is 35.0 Å². The number of para-hydroxylation sites is 1. The molecule has 1 aliphatic rings. The van der Waals surface area contributed by atoms with Gasteiger partial charge in [0, 0.05) is 5.56 Å². The van der Waals surface area contributed by atoms with Gasteiger partial charge in [-0.25, -0.2) is 0 Å². The minimum absolute atomic E-state index is 0.151. The quantitative estimate of drug-likeness (QED) is 0.562. The average Bonchev–Trinajstić information content (AvgIpc) is 2.80. The fourth-order valence-corrected chi connectivity index (χ4v) is 2.95. The number of nitrogens with zero attached hydrogens (tertiary/aromatic N) is 2. The van der Waals surface area contributed by atoms with Gasteiger partial charge in [0.25, 0.3) is 0 Å². The monoisotopic (exact) mass is 335 g/mol. The molecule has 3 N–H and O–H groups in total. The fraction of sp³-hybridized carbons (Fsp3) is 0.333. The molecule has 1 saturated heterocycles. The van der Waals surface area contributed by atoms with Crippen LogP contribution in [0.5, 0.6) is 5.75 Å². The van der Waals surface area contributed by atoms with E-state index >= 15 is 0 Å². The Kier molecular flexibility index (Phi) is 5.38. The number of amidine groups is 1. The van der Waals surface area contributed by atoms with E-state index in [9.17, 15) is 14.7 Å². The molecule has 1 heterocycles. The zero-order valence-corrected chi connectivity index (χ0v) is 13.5. The molecule has 1 amide bonds. The summed E-state index contributed by atoms with van der Waals surface area (Å²) in [6.07, 6.45) is 1.13. The molecule has 0 aromatic heterocycles. The van der Waals surface area contributed by atoms with Crippen molar-refractivity contribution in [2.45, 2.75) is 31.4 Å². The first-order chi connectivity index (χ1) is 10.9. The Morgan fingerprint density at radius 2 is 2.22 bits per heavy atom. The highest BCUT2D eigenvalue weighted by Gasteiger charge is 2.32. The number of carbonyl (C=O) groups is 2. The zero-order valence-electron chi connectivity index (χ0n) is 12.7. The number of aromatic hydroxyl groups is 1. The number of rotatable bonds is 5. The van der Waals surface area contributed by atoms with Crippen molar-refractivity contribution in [3.63, 3.8) is 0 Å². The molecular formula is C15H17N3O4S. The van der Waals surface area contributed by atoms with Gasteiger partial charge in [-0.15, -0.1) is 5.10 Å². The molecule has 0 saturated carbocycles. The van der Waals surface area contributed by atoms with Gasteiger partial charge in [-0.3, -0.25) is 9.59 Å². The highest BCUT2D eigenvalue weighted by Crippen LogP contribution is 2.28. The van der Waals surface area contributed by atoms with E-state index < -0.39 is 17.1 Å². The first-order valence-electron chi connectivity index (χ1n) is 7.00. The van der Waals surface area contributed by atoms with Crippen molar-refractivity contribution in [2.75, 3.05) is 0 Å². The third-order valence-corrected chi connectivity index (χ3v) is 4.27. The minimum atomic E-state index is -1.04. The van der Waals surface area contributed by atoms with E-state index in [4.69, 9.17) is 5.11 Å². The second-order valence-electron chi connectivity index (χ2n) is 5.28. The van der Waals surface area contributed by atoms with E-state index in [1.165, 1.54) is 6.21 Å². The number of carbonyl (C=O) groups excluding carboxylic acids is 1. The van der Waals surface area contributed by atoms with Gasteiger partial charge >= 0.3 is 5.97 Å². The number of hydrogen-bond acceptors (Lipinski definition) is 6. The molecule has 1 aliphatic heterocycles. The van der Waals surface area contributed by atoms with E-state index in [1.807, 2.05) is 26.0 Å². The van der Waals surface area contributed by atoms with Crippen LogP contribution in [0, 0.1) is 0 Å². The van der Waals surface area contributed by atoms with Crippen LogP contribution in [0.4, 0.5) is 0 Å². The topological polar surface area (TPSA) is 111 Å². The van der Waals surface area contributed by atoms with Crippen molar-refractivity contribution in [1.29, 1.82) is 0 Å². The lowest BCUT2D eigenvalue weighted by Gasteiger charge is -2.09. The van der Waals surface area contributed by atoms with E-state index in [2.05, 4.69) is 15.5 Å². The molecular weight excluding hydrogens is 318 g/mol. The number of phenols is 1. The molecule has 1 fully saturated rings. The molecule has 1 aromatic carbocycles. The summed E-state index contributed by atoms with van der Waals surface area (Å²) in [7, 11) is 0. The lowest BCUT2D eigenvalue weighted by atomic mass is 9.99. The van der Waals surface area contributed by atoms with E-state index in [0.717, 1.165) is 17.3 Å². The number of amides is 1. The van der Waals surface area contributed by atoms with Crippen LogP contribution in [0.15, 0.2) is 28.4 Å². The summed E-state index contributed by atoms with van der Waals surface area (Å²) < 4.78 is 0. The van der Waals surface area contributed by atoms with Gasteiger partial charge in [0.1, 0.15) is 11.0 Å². The van der Waals surface area contributed by atoms with Crippen LogP contribution in [0.3, 0.4) is 0 Å². The number of nitrogens with one attached hydrogen (secondary N) is 1. The third kappa shape index (κ3) is 4.32. The fourth-order valence-electron chi connectivity index (χ4n) is 2.04. The van der Waals surface area contributed by atoms with Crippen LogP contribution in [-0.4, -0.2) is 38.7 Å². The van der Waals surface area contributed by atoms with E-state index in [-0.39, 0.29) is 23.3 Å². The van der Waals surface area contributed by atoms with Gasteiger partial charge in [0.2, 0.25) is 5.91 Å². The lowest BCUT2D eigenvalue weighted by molar-refractivity contribution is -0.138. The molecule has 1 aromatic rings.